The second-order valence-electron chi connectivity index (χ2n) is 5.52. The zero-order chi connectivity index (χ0) is 19.3. The highest BCUT2D eigenvalue weighted by molar-refractivity contribution is 7.88. The summed E-state index contributed by atoms with van der Waals surface area (Å²) in [4.78, 5) is 0. The van der Waals surface area contributed by atoms with Crippen LogP contribution < -0.4 is 23.7 Å². The van der Waals surface area contributed by atoms with Gasteiger partial charge in [0, 0.05) is 5.56 Å². The summed E-state index contributed by atoms with van der Waals surface area (Å²) in [5.74, 6) is 2.00. The van der Waals surface area contributed by atoms with Crippen LogP contribution in [0, 0.1) is 0 Å². The first kappa shape index (κ1) is 19.9. The molecule has 0 spiro atoms. The molecule has 0 bridgehead atoms. The van der Waals surface area contributed by atoms with Crippen molar-refractivity contribution >= 4 is 10.0 Å². The maximum atomic E-state index is 12.0. The molecule has 0 radical (unpaired) electrons. The summed E-state index contributed by atoms with van der Waals surface area (Å²) >= 11 is 0. The van der Waals surface area contributed by atoms with E-state index >= 15 is 0 Å². The Labute approximate surface area is 153 Å². The van der Waals surface area contributed by atoms with Crippen LogP contribution in [-0.2, 0) is 10.0 Å². The van der Waals surface area contributed by atoms with Crippen molar-refractivity contribution in [2.45, 2.75) is 6.04 Å². The molecule has 0 saturated heterocycles. The van der Waals surface area contributed by atoms with Gasteiger partial charge < -0.3 is 18.9 Å². The van der Waals surface area contributed by atoms with Crippen LogP contribution in [-0.4, -0.2) is 43.1 Å². The summed E-state index contributed by atoms with van der Waals surface area (Å²) in [6.07, 6.45) is 1.10. The molecule has 2 aromatic rings. The molecule has 8 heteroatoms. The number of rotatable bonds is 8. The molecule has 0 aliphatic carbocycles. The molecular weight excluding hydrogens is 358 g/mol. The first-order valence-electron chi connectivity index (χ1n) is 7.74. The van der Waals surface area contributed by atoms with E-state index in [1.54, 1.807) is 36.4 Å². The van der Waals surface area contributed by atoms with Crippen molar-refractivity contribution in [2.24, 2.45) is 0 Å². The highest BCUT2D eigenvalue weighted by Gasteiger charge is 2.25. The Morgan fingerprint density at radius 1 is 0.846 bits per heavy atom. The third-order valence-corrected chi connectivity index (χ3v) is 4.48. The average molecular weight is 381 g/mol. The van der Waals surface area contributed by atoms with E-state index in [1.165, 1.54) is 28.4 Å². The van der Waals surface area contributed by atoms with Gasteiger partial charge in [-0.3, -0.25) is 0 Å². The fourth-order valence-electron chi connectivity index (χ4n) is 2.70. The predicted molar refractivity (Wildman–Crippen MR) is 98.9 cm³/mol. The zero-order valence-electron chi connectivity index (χ0n) is 15.4. The third kappa shape index (κ3) is 4.39. The highest BCUT2D eigenvalue weighted by atomic mass is 32.2. The van der Waals surface area contributed by atoms with E-state index in [2.05, 4.69) is 4.72 Å². The van der Waals surface area contributed by atoms with Crippen molar-refractivity contribution in [3.05, 3.63) is 47.5 Å². The van der Waals surface area contributed by atoms with E-state index in [0.717, 1.165) is 6.26 Å². The number of hydrogen-bond donors (Lipinski definition) is 1. The van der Waals surface area contributed by atoms with Gasteiger partial charge >= 0.3 is 0 Å². The minimum atomic E-state index is -3.52. The quantitative estimate of drug-likeness (QED) is 0.756. The lowest BCUT2D eigenvalue weighted by atomic mass is 9.98. The lowest BCUT2D eigenvalue weighted by molar-refractivity contribution is 0.349. The molecule has 7 nitrogen and oxygen atoms in total. The summed E-state index contributed by atoms with van der Waals surface area (Å²) in [5, 5.41) is 0. The molecule has 1 unspecified atom stereocenters. The van der Waals surface area contributed by atoms with Crippen molar-refractivity contribution in [3.8, 4) is 23.0 Å². The molecule has 0 amide bonds. The van der Waals surface area contributed by atoms with Crippen LogP contribution in [0.4, 0.5) is 0 Å². The Balaban J connectivity index is 2.66. The second-order valence-corrected chi connectivity index (χ2v) is 7.30. The van der Waals surface area contributed by atoms with Gasteiger partial charge in [-0.15, -0.1) is 0 Å². The van der Waals surface area contributed by atoms with E-state index in [0.29, 0.717) is 34.1 Å². The molecule has 0 aromatic heterocycles. The molecule has 2 aromatic carbocycles. The Kier molecular flexibility index (Phi) is 6.33. The van der Waals surface area contributed by atoms with Crippen LogP contribution >= 0.6 is 0 Å². The standard InChI is InChI=1S/C18H23NO6S/c1-22-14-10-9-12(11-16(14)24-3)17(19-26(5,20)21)13-7-6-8-15(23-2)18(13)25-4/h6-11,17,19H,1-5H3. The van der Waals surface area contributed by atoms with Crippen molar-refractivity contribution in [3.63, 3.8) is 0 Å². The summed E-state index contributed by atoms with van der Waals surface area (Å²) in [6, 6.07) is 9.81. The van der Waals surface area contributed by atoms with Crippen molar-refractivity contribution < 1.29 is 27.4 Å². The molecule has 142 valence electrons. The number of para-hydroxylation sites is 1. The fraction of sp³-hybridized carbons (Fsp3) is 0.333. The topological polar surface area (TPSA) is 83.1 Å². The molecule has 0 fully saturated rings. The highest BCUT2D eigenvalue weighted by Crippen LogP contribution is 2.39. The first-order valence-corrected chi connectivity index (χ1v) is 9.63. The van der Waals surface area contributed by atoms with E-state index in [1.807, 2.05) is 0 Å². The second kappa shape index (κ2) is 8.29. The van der Waals surface area contributed by atoms with E-state index < -0.39 is 16.1 Å². The van der Waals surface area contributed by atoms with Gasteiger partial charge in [0.2, 0.25) is 10.0 Å². The van der Waals surface area contributed by atoms with Crippen LogP contribution in [0.1, 0.15) is 17.2 Å². The van der Waals surface area contributed by atoms with E-state index in [9.17, 15) is 8.42 Å². The first-order chi connectivity index (χ1) is 12.3. The van der Waals surface area contributed by atoms with Gasteiger partial charge in [0.25, 0.3) is 0 Å². The third-order valence-electron chi connectivity index (χ3n) is 3.82. The van der Waals surface area contributed by atoms with Gasteiger partial charge in [-0.1, -0.05) is 18.2 Å². The minimum Gasteiger partial charge on any atom is -0.493 e. The molecule has 1 N–H and O–H groups in total. The molecule has 26 heavy (non-hydrogen) atoms. The number of benzene rings is 2. The van der Waals surface area contributed by atoms with Crippen molar-refractivity contribution in [2.75, 3.05) is 34.7 Å². The molecule has 2 rings (SSSR count). The normalized spacial score (nSPS) is 12.3. The van der Waals surface area contributed by atoms with Gasteiger partial charge in [-0.2, -0.15) is 0 Å². The Hall–Kier alpha value is -2.45. The summed E-state index contributed by atoms with van der Waals surface area (Å²) < 4.78 is 48.0. The van der Waals surface area contributed by atoms with Gasteiger partial charge in [0.1, 0.15) is 0 Å². The zero-order valence-corrected chi connectivity index (χ0v) is 16.2. The van der Waals surface area contributed by atoms with Gasteiger partial charge in [0.15, 0.2) is 23.0 Å². The van der Waals surface area contributed by atoms with E-state index in [-0.39, 0.29) is 0 Å². The lowest BCUT2D eigenvalue weighted by Gasteiger charge is -2.23. The van der Waals surface area contributed by atoms with Crippen LogP contribution in [0.5, 0.6) is 23.0 Å². The maximum Gasteiger partial charge on any atom is 0.209 e. The monoisotopic (exact) mass is 381 g/mol. The molecule has 0 aliphatic rings. The number of nitrogens with one attached hydrogen (secondary N) is 1. The van der Waals surface area contributed by atoms with Gasteiger partial charge in [-0.25, -0.2) is 13.1 Å². The van der Waals surface area contributed by atoms with Crippen LogP contribution in [0.3, 0.4) is 0 Å². The van der Waals surface area contributed by atoms with Crippen LogP contribution in [0.2, 0.25) is 0 Å². The smallest absolute Gasteiger partial charge is 0.209 e. The predicted octanol–water partition coefficient (Wildman–Crippen LogP) is 2.36. The molecule has 0 saturated carbocycles. The van der Waals surface area contributed by atoms with Gasteiger partial charge in [0.05, 0.1) is 40.7 Å². The largest absolute Gasteiger partial charge is 0.493 e. The van der Waals surface area contributed by atoms with Crippen molar-refractivity contribution in [1.29, 1.82) is 0 Å². The van der Waals surface area contributed by atoms with Crippen LogP contribution in [0.25, 0.3) is 0 Å². The fourth-order valence-corrected chi connectivity index (χ4v) is 3.39. The van der Waals surface area contributed by atoms with E-state index in [4.69, 9.17) is 18.9 Å². The lowest BCUT2D eigenvalue weighted by Crippen LogP contribution is -2.28. The molecule has 1 atom stereocenters. The number of ether oxygens (including phenoxy) is 4. The number of methoxy groups -OCH3 is 4. The summed E-state index contributed by atoms with van der Waals surface area (Å²) in [7, 11) is 2.57. The van der Waals surface area contributed by atoms with Crippen LogP contribution in [0.15, 0.2) is 36.4 Å². The molecule has 0 aliphatic heterocycles. The van der Waals surface area contributed by atoms with Gasteiger partial charge in [-0.05, 0) is 23.8 Å². The average Bonchev–Trinajstić information content (AvgIpc) is 2.64. The number of hydrogen-bond acceptors (Lipinski definition) is 6. The SMILES string of the molecule is COc1ccc(C(NS(C)(=O)=O)c2cccc(OC)c2OC)cc1OC. The summed E-state index contributed by atoms with van der Waals surface area (Å²) in [5.41, 5.74) is 1.28. The Morgan fingerprint density at radius 2 is 1.50 bits per heavy atom. The number of sulfonamides is 1. The van der Waals surface area contributed by atoms with Crippen molar-refractivity contribution in [1.82, 2.24) is 4.72 Å². The Bertz CT molecular complexity index is 866. The summed E-state index contributed by atoms with van der Waals surface area (Å²) in [6.45, 7) is 0. The Morgan fingerprint density at radius 3 is 2.04 bits per heavy atom. The molecular formula is C18H23NO6S. The maximum absolute atomic E-state index is 12.0. The molecule has 0 heterocycles. The minimum absolute atomic E-state index is 0.450.